The molecule has 26 heavy (non-hydrogen) atoms. The molecule has 1 aliphatic heterocycles. The van der Waals surface area contributed by atoms with Crippen molar-refractivity contribution in [2.24, 2.45) is 5.92 Å². The molecule has 0 radical (unpaired) electrons. The van der Waals surface area contributed by atoms with Gasteiger partial charge in [-0.05, 0) is 39.0 Å². The van der Waals surface area contributed by atoms with E-state index in [2.05, 4.69) is 6.58 Å². The van der Waals surface area contributed by atoms with Crippen molar-refractivity contribution >= 4 is 28.7 Å². The number of hydrogen-bond donors (Lipinski definition) is 0. The smallest absolute Gasteiger partial charge is 0.200 e. The molecule has 1 saturated carbocycles. The normalized spacial score (nSPS) is 34.0. The first kappa shape index (κ1) is 20.3. The second-order valence-electron chi connectivity index (χ2n) is 7.13. The molecule has 0 unspecified atom stereocenters. The quantitative estimate of drug-likeness (QED) is 0.180. The lowest BCUT2D eigenvalue weighted by molar-refractivity contribution is 0.0668. The molecule has 0 spiro atoms. The average Bonchev–Trinajstić information content (AvgIpc) is 2.84. The molecule has 1 aromatic carbocycles. The van der Waals surface area contributed by atoms with Crippen molar-refractivity contribution in [3.05, 3.63) is 46.8 Å². The predicted molar refractivity (Wildman–Crippen MR) is 97.2 cm³/mol. The van der Waals surface area contributed by atoms with Crippen molar-refractivity contribution in [3.8, 4) is 0 Å². The molecule has 1 heterocycles. The minimum absolute atomic E-state index is 0.0186. The maximum Gasteiger partial charge on any atom is 0.200 e. The highest BCUT2D eigenvalue weighted by Gasteiger charge is 2.52. The largest absolute Gasteiger partial charge is 0.334 e. The van der Waals surface area contributed by atoms with Crippen LogP contribution in [-0.2, 0) is 22.5 Å². The van der Waals surface area contributed by atoms with Crippen LogP contribution in [0.2, 0.25) is 0 Å². The maximum absolute atomic E-state index is 14.0. The van der Waals surface area contributed by atoms with Crippen LogP contribution < -0.4 is 0 Å². The van der Waals surface area contributed by atoms with Gasteiger partial charge in [0, 0.05) is 17.0 Å². The third-order valence-electron chi connectivity index (χ3n) is 5.15. The summed E-state index contributed by atoms with van der Waals surface area (Å²) >= 11 is 6.87. The zero-order chi connectivity index (χ0) is 19.4. The second kappa shape index (κ2) is 6.87. The highest BCUT2D eigenvalue weighted by Crippen LogP contribution is 2.75. The Bertz CT molecular complexity index is 801. The van der Waals surface area contributed by atoms with Crippen LogP contribution in [0.15, 0.2) is 12.2 Å². The van der Waals surface area contributed by atoms with Crippen LogP contribution in [-0.4, -0.2) is 10.9 Å². The molecule has 3 rings (SSSR count). The Kier molecular flexibility index (Phi) is 5.37. The lowest BCUT2D eigenvalue weighted by atomic mass is 9.77. The van der Waals surface area contributed by atoms with Gasteiger partial charge in [0.15, 0.2) is 23.3 Å². The molecule has 0 N–H and O–H groups in total. The lowest BCUT2D eigenvalue weighted by Crippen LogP contribution is -2.40. The minimum Gasteiger partial charge on any atom is -0.334 e. The van der Waals surface area contributed by atoms with E-state index in [4.69, 9.17) is 16.3 Å². The first-order valence-electron chi connectivity index (χ1n) is 8.11. The van der Waals surface area contributed by atoms with E-state index in [0.717, 1.165) is 24.8 Å². The summed E-state index contributed by atoms with van der Waals surface area (Å²) in [6, 6.07) is 0. The lowest BCUT2D eigenvalue weighted by Gasteiger charge is -2.38. The summed E-state index contributed by atoms with van der Waals surface area (Å²) in [7, 11) is 0. The zero-order valence-electron chi connectivity index (χ0n) is 14.3. The first-order chi connectivity index (χ1) is 12.0. The molecule has 0 amide bonds. The van der Waals surface area contributed by atoms with Gasteiger partial charge in [-0.15, -0.1) is 0 Å². The van der Waals surface area contributed by atoms with Crippen molar-refractivity contribution in [2.45, 2.75) is 50.1 Å². The molecule has 0 aromatic heterocycles. The van der Waals surface area contributed by atoms with E-state index in [1.54, 1.807) is 0 Å². The van der Waals surface area contributed by atoms with Gasteiger partial charge in [0.2, 0.25) is 5.82 Å². The molecule has 9 heteroatoms. The van der Waals surface area contributed by atoms with Gasteiger partial charge in [0.1, 0.15) is 5.47 Å². The fraction of sp³-hybridized carbons (Fsp3) is 0.529. The van der Waals surface area contributed by atoms with E-state index in [9.17, 15) is 22.0 Å². The standard InChI is InChI=1S/C17H18F5OPS2/c1-8(2)9-4-5-17(3)11(6-9)26-24(25,23-17)7-10-12(18)14(20)16(22)15(21)13(10)19/h9,11H,1,4-7H2,2-3H3/t9-,11+,17+,24-/m1/s1. The SMILES string of the molecule is C=C(C)[C@@H]1CC[C@]2(C)O[P@@](=S)(Cc3c(F)c(F)c(F)c(F)c3F)S[C@H]2C1. The summed E-state index contributed by atoms with van der Waals surface area (Å²) < 4.78 is 74.3. The van der Waals surface area contributed by atoms with E-state index >= 15 is 0 Å². The highest BCUT2D eigenvalue weighted by atomic mass is 32.9. The van der Waals surface area contributed by atoms with Gasteiger partial charge in [-0.3, -0.25) is 0 Å². The van der Waals surface area contributed by atoms with Crippen molar-refractivity contribution in [2.75, 3.05) is 0 Å². The maximum atomic E-state index is 14.0. The van der Waals surface area contributed by atoms with Crippen LogP contribution in [0.1, 0.15) is 38.7 Å². The molecule has 2 aliphatic rings. The second-order valence-corrected chi connectivity index (χ2v) is 14.5. The summed E-state index contributed by atoms with van der Waals surface area (Å²) in [5.41, 5.74) is -3.21. The molecule has 2 fully saturated rings. The van der Waals surface area contributed by atoms with Crippen LogP contribution in [0.3, 0.4) is 0 Å². The number of benzene rings is 1. The van der Waals surface area contributed by atoms with Crippen LogP contribution in [0, 0.1) is 35.0 Å². The molecule has 1 aliphatic carbocycles. The van der Waals surface area contributed by atoms with Gasteiger partial charge in [-0.1, -0.05) is 35.3 Å². The van der Waals surface area contributed by atoms with E-state index < -0.39 is 51.9 Å². The summed E-state index contributed by atoms with van der Waals surface area (Å²) in [5.74, 6) is -9.39. The zero-order valence-corrected chi connectivity index (χ0v) is 16.8. The third kappa shape index (κ3) is 3.38. The third-order valence-corrected chi connectivity index (χ3v) is 11.5. The summed E-state index contributed by atoms with van der Waals surface area (Å²) in [6.45, 7) is 7.85. The van der Waals surface area contributed by atoms with Crippen LogP contribution in [0.4, 0.5) is 22.0 Å². The van der Waals surface area contributed by atoms with E-state index in [1.165, 1.54) is 11.4 Å². The van der Waals surface area contributed by atoms with Crippen LogP contribution in [0.5, 0.6) is 0 Å². The molecular weight excluding hydrogens is 410 g/mol. The molecule has 1 nitrogen and oxygen atoms in total. The van der Waals surface area contributed by atoms with Gasteiger partial charge < -0.3 is 4.52 Å². The fourth-order valence-electron chi connectivity index (χ4n) is 3.54. The monoisotopic (exact) mass is 428 g/mol. The summed E-state index contributed by atoms with van der Waals surface area (Å²) in [6.07, 6.45) is 1.91. The first-order valence-corrected chi connectivity index (χ1v) is 12.5. The van der Waals surface area contributed by atoms with E-state index in [-0.39, 0.29) is 5.25 Å². The molecular formula is C17H18F5OPS2. The minimum atomic E-state index is -2.84. The predicted octanol–water partition coefficient (Wildman–Crippen LogP) is 6.46. The Morgan fingerprint density at radius 3 is 2.27 bits per heavy atom. The van der Waals surface area contributed by atoms with Crippen molar-refractivity contribution in [1.82, 2.24) is 0 Å². The number of allylic oxidation sites excluding steroid dienone is 1. The number of hydrogen-bond acceptors (Lipinski definition) is 3. The summed E-state index contributed by atoms with van der Waals surface area (Å²) in [4.78, 5) is 0. The van der Waals surface area contributed by atoms with Gasteiger partial charge in [0.05, 0.1) is 5.60 Å². The van der Waals surface area contributed by atoms with Crippen LogP contribution in [0.25, 0.3) is 0 Å². The molecule has 144 valence electrons. The Labute approximate surface area is 158 Å². The molecule has 1 saturated heterocycles. The van der Waals surface area contributed by atoms with E-state index in [1.807, 2.05) is 13.8 Å². The topological polar surface area (TPSA) is 9.23 Å². The molecule has 4 atom stereocenters. The van der Waals surface area contributed by atoms with Crippen molar-refractivity contribution < 1.29 is 26.5 Å². The Balaban J connectivity index is 1.91. The van der Waals surface area contributed by atoms with Crippen molar-refractivity contribution in [1.29, 1.82) is 0 Å². The Hall–Kier alpha value is -0.430. The molecule has 1 aromatic rings. The average molecular weight is 428 g/mol. The number of halogens is 5. The number of rotatable bonds is 3. The van der Waals surface area contributed by atoms with Crippen LogP contribution >= 0.6 is 16.8 Å². The van der Waals surface area contributed by atoms with Gasteiger partial charge in [-0.25, -0.2) is 22.0 Å². The van der Waals surface area contributed by atoms with Gasteiger partial charge in [0.25, 0.3) is 0 Å². The van der Waals surface area contributed by atoms with Gasteiger partial charge in [-0.2, -0.15) is 0 Å². The van der Waals surface area contributed by atoms with Gasteiger partial charge >= 0.3 is 0 Å². The fourth-order valence-corrected chi connectivity index (χ4v) is 11.6. The molecule has 0 bridgehead atoms. The number of fused-ring (bicyclic) bond motifs is 1. The summed E-state index contributed by atoms with van der Waals surface area (Å²) in [5, 5.41) is 0.0186. The van der Waals surface area contributed by atoms with E-state index in [0.29, 0.717) is 5.92 Å². The highest BCUT2D eigenvalue weighted by molar-refractivity contribution is 8.69. The van der Waals surface area contributed by atoms with Crippen molar-refractivity contribution in [3.63, 3.8) is 0 Å². The Morgan fingerprint density at radius 1 is 1.19 bits per heavy atom. The Morgan fingerprint density at radius 2 is 1.73 bits per heavy atom.